The number of rotatable bonds is 11. The van der Waals surface area contributed by atoms with Crippen LogP contribution in [0.2, 0.25) is 0 Å². The minimum atomic E-state index is -4.83. The summed E-state index contributed by atoms with van der Waals surface area (Å²) in [5.74, 6) is -7.90. The number of fused-ring (bicyclic) bond motifs is 3. The van der Waals surface area contributed by atoms with Gasteiger partial charge in [0.1, 0.15) is 42.2 Å². The molecule has 2 bridgehead atoms. The minimum absolute atomic E-state index is 0.00300. The fourth-order valence-electron chi connectivity index (χ4n) is 11.2. The number of piperidine rings is 1. The van der Waals surface area contributed by atoms with Gasteiger partial charge in [0.25, 0.3) is 11.7 Å². The zero-order valence-corrected chi connectivity index (χ0v) is 43.7. The Bertz CT molecular complexity index is 2270. The van der Waals surface area contributed by atoms with Gasteiger partial charge in [0.15, 0.2) is 0 Å². The van der Waals surface area contributed by atoms with Crippen LogP contribution in [0.1, 0.15) is 118 Å². The van der Waals surface area contributed by atoms with Gasteiger partial charge in [-0.3, -0.25) is 14.4 Å². The molecule has 73 heavy (non-hydrogen) atoms. The lowest BCUT2D eigenvalue weighted by molar-refractivity contribution is -0.302. The Kier molecular flexibility index (Phi) is 20.1. The number of methoxy groups -OCH3 is 3. The molecule has 3 aliphatic heterocycles. The first-order chi connectivity index (χ1) is 34.6. The molecule has 2 saturated heterocycles. The Morgan fingerprint density at radius 1 is 0.959 bits per heavy atom. The second-order valence-corrected chi connectivity index (χ2v) is 20.8. The molecule has 0 radical (unpaired) electrons. The number of ketones is 2. The number of aliphatic hydroxyl groups excluding tert-OH is 1. The number of nitrogens with zero attached hydrogens (tertiary/aromatic N) is 2. The van der Waals surface area contributed by atoms with E-state index in [-0.39, 0.29) is 68.0 Å². The number of benzene rings is 1. The number of esters is 1. The lowest BCUT2D eigenvalue weighted by atomic mass is 9.81. The number of ether oxygens (including phenoxy) is 7. The van der Waals surface area contributed by atoms with Gasteiger partial charge in [-0.15, -0.1) is 13.2 Å². The second-order valence-electron chi connectivity index (χ2n) is 20.8. The van der Waals surface area contributed by atoms with Gasteiger partial charge in [-0.05, 0) is 108 Å². The van der Waals surface area contributed by atoms with Crippen LogP contribution >= 0.6 is 0 Å². The molecular weight excluding hydrogens is 956 g/mol. The third kappa shape index (κ3) is 14.5. The van der Waals surface area contributed by atoms with E-state index in [0.29, 0.717) is 74.0 Å². The molecule has 1 aromatic heterocycles. The largest absolute Gasteiger partial charge is 0.573 e. The summed E-state index contributed by atoms with van der Waals surface area (Å²) in [5, 5.41) is 24.0. The number of halogens is 3. The summed E-state index contributed by atoms with van der Waals surface area (Å²) in [6.45, 7) is 11.2. The van der Waals surface area contributed by atoms with Gasteiger partial charge in [0.2, 0.25) is 5.79 Å². The number of carbonyl (C=O) groups is 4. The topological polar surface area (TPSA) is 205 Å². The molecule has 1 saturated carbocycles. The average Bonchev–Trinajstić information content (AvgIpc) is 3.84. The Labute approximate surface area is 426 Å². The van der Waals surface area contributed by atoms with Crippen molar-refractivity contribution >= 4 is 23.4 Å². The van der Waals surface area contributed by atoms with E-state index in [9.17, 15) is 42.6 Å². The summed E-state index contributed by atoms with van der Waals surface area (Å²) in [4.78, 5) is 66.0. The highest BCUT2D eigenvalue weighted by atomic mass is 19.4. The number of hydrogen-bond acceptors (Lipinski definition) is 14. The number of imidazole rings is 1. The molecule has 19 heteroatoms. The van der Waals surface area contributed by atoms with Gasteiger partial charge in [0, 0.05) is 57.6 Å². The van der Waals surface area contributed by atoms with E-state index in [1.165, 1.54) is 38.6 Å². The SMILES string of the molecule is CC[C@@H]1/C=C(\C)C[C@H](C)C[C@H](OC)[C@H]2O[C@@](O)(C(=O)C(=O)N3CCCC[C@H]3C(=O)O[C@H](/C(C)=C/[C@@H]3CC[C@@H](OCc4ncc(-c5cccc(OC(F)(F)F)c5)[nH]4)[C@H](OC)C3)[C@H](C)[C@@H](O)CC1=O)[C@H](C)C[C@@H]2OC. The van der Waals surface area contributed by atoms with Crippen LogP contribution in [0.3, 0.4) is 0 Å². The molecule has 1 aromatic carbocycles. The molecular formula is C54H76F3N3O13. The summed E-state index contributed by atoms with van der Waals surface area (Å²) in [5.41, 5.74) is 2.51. The van der Waals surface area contributed by atoms with E-state index in [1.807, 2.05) is 32.9 Å². The van der Waals surface area contributed by atoms with Crippen LogP contribution in [0.15, 0.2) is 53.8 Å². The molecule has 2 aromatic rings. The normalized spacial score (nSPS) is 34.8. The van der Waals surface area contributed by atoms with Gasteiger partial charge >= 0.3 is 12.3 Å². The van der Waals surface area contributed by atoms with E-state index >= 15 is 0 Å². The minimum Gasteiger partial charge on any atom is -0.456 e. The van der Waals surface area contributed by atoms with Crippen molar-refractivity contribution in [1.82, 2.24) is 14.9 Å². The molecule has 406 valence electrons. The first-order valence-electron chi connectivity index (χ1n) is 25.7. The highest BCUT2D eigenvalue weighted by molar-refractivity contribution is 6.39. The number of alkyl halides is 3. The van der Waals surface area contributed by atoms with Crippen LogP contribution in [0.4, 0.5) is 13.2 Å². The van der Waals surface area contributed by atoms with Gasteiger partial charge in [-0.25, -0.2) is 9.78 Å². The number of aromatic nitrogens is 2. The lowest BCUT2D eigenvalue weighted by Crippen LogP contribution is -2.64. The quantitative estimate of drug-likeness (QED) is 0.111. The zero-order chi connectivity index (χ0) is 53.4. The van der Waals surface area contributed by atoms with Crippen LogP contribution in [0.5, 0.6) is 5.75 Å². The first-order valence-corrected chi connectivity index (χ1v) is 25.7. The number of cyclic esters (lactones) is 1. The third-order valence-corrected chi connectivity index (χ3v) is 15.3. The van der Waals surface area contributed by atoms with Gasteiger partial charge < -0.3 is 53.3 Å². The summed E-state index contributed by atoms with van der Waals surface area (Å²) in [7, 11) is 4.62. The number of aliphatic hydroxyl groups is 2. The number of aromatic amines is 1. The van der Waals surface area contributed by atoms with Crippen molar-refractivity contribution in [2.24, 2.45) is 29.6 Å². The summed E-state index contributed by atoms with van der Waals surface area (Å²) >= 11 is 0. The predicted octanol–water partition coefficient (Wildman–Crippen LogP) is 7.99. The smallest absolute Gasteiger partial charge is 0.456 e. The fourth-order valence-corrected chi connectivity index (χ4v) is 11.2. The van der Waals surface area contributed by atoms with E-state index in [4.69, 9.17) is 28.4 Å². The van der Waals surface area contributed by atoms with Crippen molar-refractivity contribution in [3.05, 3.63) is 59.6 Å². The van der Waals surface area contributed by atoms with Gasteiger partial charge in [0.05, 0.1) is 42.4 Å². The fraction of sp³-hybridized carbons (Fsp3) is 0.685. The number of nitrogens with one attached hydrogen (secondary N) is 1. The molecule has 6 rings (SSSR count). The maximum absolute atomic E-state index is 14.6. The van der Waals surface area contributed by atoms with Crippen molar-refractivity contribution in [1.29, 1.82) is 0 Å². The number of H-pyrrole nitrogens is 1. The van der Waals surface area contributed by atoms with Crippen LogP contribution in [0.25, 0.3) is 11.3 Å². The number of carbonyl (C=O) groups excluding carboxylic acids is 4. The van der Waals surface area contributed by atoms with Crippen LogP contribution in [0, 0.1) is 29.6 Å². The predicted molar refractivity (Wildman–Crippen MR) is 261 cm³/mol. The average molecular weight is 1030 g/mol. The Morgan fingerprint density at radius 2 is 1.67 bits per heavy atom. The van der Waals surface area contributed by atoms with Crippen LogP contribution in [-0.4, -0.2) is 137 Å². The summed E-state index contributed by atoms with van der Waals surface area (Å²) < 4.78 is 79.2. The van der Waals surface area contributed by atoms with E-state index in [1.54, 1.807) is 33.9 Å². The lowest BCUT2D eigenvalue weighted by Gasteiger charge is -2.47. The molecule has 16 nitrogen and oxygen atoms in total. The van der Waals surface area contributed by atoms with Crippen LogP contribution < -0.4 is 4.74 Å². The Hall–Kier alpha value is -4.50. The molecule has 1 amide bonds. The zero-order valence-electron chi connectivity index (χ0n) is 43.7. The third-order valence-electron chi connectivity index (χ3n) is 15.3. The number of Topliss-reactive ketones (excluding diaryl/α,β-unsaturated/α-hetero) is 2. The molecule has 4 heterocycles. The maximum atomic E-state index is 14.6. The van der Waals surface area contributed by atoms with Crippen molar-refractivity contribution in [3.8, 4) is 17.0 Å². The molecule has 0 spiro atoms. The Morgan fingerprint density at radius 3 is 2.36 bits per heavy atom. The first kappa shape index (κ1) is 57.8. The van der Waals surface area contributed by atoms with E-state index in [2.05, 4.69) is 14.7 Å². The molecule has 3 fully saturated rings. The van der Waals surface area contributed by atoms with E-state index < -0.39 is 84.1 Å². The molecule has 4 aliphatic rings. The van der Waals surface area contributed by atoms with Crippen molar-refractivity contribution < 1.29 is 75.7 Å². The standard InChI is InChI=1S/C54H76F3N3O13/c1-10-36-21-30(2)20-31(3)22-45(68-8)49-46(69-9)24-33(5)53(66,73-49)50(63)51(64)60-19-12-11-16-40(60)52(65)71-48(34(6)41(61)27-42(36)62)32(4)23-35-17-18-43(44(25-35)67-7)70-29-47-58-28-39(59-47)37-14-13-15-38(26-37)72-54(55,56)57/h13-15,21,23,26,28,31,33-36,40-41,43-46,48-49,61,66H,10-12,16-20,22,24-25,27,29H2,1-9H3,(H,58,59)/b30-21+,32-23+/t31-,33+,34+,35-,36+,40-,41-,43+,44+,45-,46-,48+,49+,53+/m0/s1. The summed E-state index contributed by atoms with van der Waals surface area (Å²) in [6.07, 6.45) is -0.0496. The highest BCUT2D eigenvalue weighted by Crippen LogP contribution is 2.40. The Balaban J connectivity index is 1.24. The van der Waals surface area contributed by atoms with E-state index in [0.717, 1.165) is 10.5 Å². The molecule has 3 N–H and O–H groups in total. The summed E-state index contributed by atoms with van der Waals surface area (Å²) in [6, 6.07) is 4.37. The van der Waals surface area contributed by atoms with Crippen molar-refractivity contribution in [3.63, 3.8) is 0 Å². The molecule has 1 aliphatic carbocycles. The number of hydrogen-bond donors (Lipinski definition) is 3. The monoisotopic (exact) mass is 1030 g/mol. The highest BCUT2D eigenvalue weighted by Gasteiger charge is 2.56. The van der Waals surface area contributed by atoms with Gasteiger partial charge in [-0.1, -0.05) is 57.6 Å². The van der Waals surface area contributed by atoms with Crippen molar-refractivity contribution in [2.45, 2.75) is 180 Å². The molecule has 0 unspecified atom stereocenters. The second kappa shape index (κ2) is 25.4. The van der Waals surface area contributed by atoms with Crippen molar-refractivity contribution in [2.75, 3.05) is 27.9 Å². The molecule has 14 atom stereocenters. The number of allylic oxidation sites excluding steroid dienone is 3. The number of amides is 1. The van der Waals surface area contributed by atoms with Crippen LogP contribution in [-0.2, 0) is 54.2 Å². The maximum Gasteiger partial charge on any atom is 0.573 e. The van der Waals surface area contributed by atoms with Gasteiger partial charge in [-0.2, -0.15) is 0 Å².